The minimum atomic E-state index is 0.704. The zero-order valence-corrected chi connectivity index (χ0v) is 11.2. The fraction of sp³-hybridized carbons (Fsp3) is 0.571. The number of unbranched alkanes of at least 4 members (excludes halogenated alkanes) is 1. The SMILES string of the molecule is CCCCc1ccc(N)cc1OCCN(C)C. The molecule has 0 aliphatic carbocycles. The van der Waals surface area contributed by atoms with E-state index >= 15 is 0 Å². The Morgan fingerprint density at radius 1 is 1.29 bits per heavy atom. The second kappa shape index (κ2) is 7.17. The van der Waals surface area contributed by atoms with Gasteiger partial charge in [-0.05, 0) is 38.6 Å². The first kappa shape index (κ1) is 13.8. The minimum absolute atomic E-state index is 0.704. The highest BCUT2D eigenvalue weighted by atomic mass is 16.5. The van der Waals surface area contributed by atoms with Gasteiger partial charge in [-0.2, -0.15) is 0 Å². The molecule has 3 nitrogen and oxygen atoms in total. The Labute approximate surface area is 105 Å². The fourth-order valence-corrected chi connectivity index (χ4v) is 1.62. The van der Waals surface area contributed by atoms with Crippen molar-refractivity contribution in [3.63, 3.8) is 0 Å². The van der Waals surface area contributed by atoms with Crippen LogP contribution in [0.2, 0.25) is 0 Å². The van der Waals surface area contributed by atoms with E-state index in [-0.39, 0.29) is 0 Å². The van der Waals surface area contributed by atoms with Crippen LogP contribution in [0.1, 0.15) is 25.3 Å². The number of nitrogen functional groups attached to an aromatic ring is 1. The third-order valence-corrected chi connectivity index (χ3v) is 2.69. The van der Waals surface area contributed by atoms with Crippen molar-refractivity contribution in [2.24, 2.45) is 0 Å². The summed E-state index contributed by atoms with van der Waals surface area (Å²) in [6.07, 6.45) is 3.45. The molecule has 96 valence electrons. The molecule has 0 aromatic heterocycles. The summed E-state index contributed by atoms with van der Waals surface area (Å²) >= 11 is 0. The second-order valence-electron chi connectivity index (χ2n) is 4.62. The van der Waals surface area contributed by atoms with E-state index in [1.807, 2.05) is 26.2 Å². The maximum absolute atomic E-state index is 5.80. The van der Waals surface area contributed by atoms with Crippen LogP contribution in [0.3, 0.4) is 0 Å². The van der Waals surface area contributed by atoms with Crippen LogP contribution < -0.4 is 10.5 Å². The molecule has 0 saturated heterocycles. The monoisotopic (exact) mass is 236 g/mol. The van der Waals surface area contributed by atoms with Crippen molar-refractivity contribution in [1.82, 2.24) is 4.90 Å². The highest BCUT2D eigenvalue weighted by Crippen LogP contribution is 2.23. The lowest BCUT2D eigenvalue weighted by Gasteiger charge is -2.14. The quantitative estimate of drug-likeness (QED) is 0.739. The minimum Gasteiger partial charge on any atom is -0.492 e. The predicted molar refractivity (Wildman–Crippen MR) is 73.5 cm³/mol. The average molecular weight is 236 g/mol. The van der Waals surface area contributed by atoms with Gasteiger partial charge in [0.1, 0.15) is 12.4 Å². The summed E-state index contributed by atoms with van der Waals surface area (Å²) in [7, 11) is 4.08. The highest BCUT2D eigenvalue weighted by molar-refractivity contribution is 5.48. The van der Waals surface area contributed by atoms with Crippen LogP contribution in [0.15, 0.2) is 18.2 Å². The molecule has 0 heterocycles. The van der Waals surface area contributed by atoms with Crippen molar-refractivity contribution in [2.45, 2.75) is 26.2 Å². The third-order valence-electron chi connectivity index (χ3n) is 2.69. The summed E-state index contributed by atoms with van der Waals surface area (Å²) in [6, 6.07) is 5.96. The van der Waals surface area contributed by atoms with E-state index in [1.54, 1.807) is 0 Å². The van der Waals surface area contributed by atoms with E-state index in [0.29, 0.717) is 6.61 Å². The molecule has 3 heteroatoms. The number of ether oxygens (including phenoxy) is 1. The number of likely N-dealkylation sites (N-methyl/N-ethyl adjacent to an activating group) is 1. The third kappa shape index (κ3) is 5.09. The van der Waals surface area contributed by atoms with Gasteiger partial charge in [0.15, 0.2) is 0 Å². The molecule has 0 saturated carbocycles. The first-order valence-corrected chi connectivity index (χ1v) is 6.29. The van der Waals surface area contributed by atoms with Crippen molar-refractivity contribution in [3.8, 4) is 5.75 Å². The predicted octanol–water partition coefficient (Wildman–Crippen LogP) is 2.55. The Kier molecular flexibility index (Phi) is 5.84. The van der Waals surface area contributed by atoms with Crippen molar-refractivity contribution in [2.75, 3.05) is 33.0 Å². The van der Waals surface area contributed by atoms with Gasteiger partial charge in [0, 0.05) is 18.3 Å². The molecule has 1 aromatic rings. The molecule has 0 spiro atoms. The largest absolute Gasteiger partial charge is 0.492 e. The lowest BCUT2D eigenvalue weighted by atomic mass is 10.1. The van der Waals surface area contributed by atoms with Gasteiger partial charge in [-0.3, -0.25) is 0 Å². The zero-order valence-electron chi connectivity index (χ0n) is 11.2. The van der Waals surface area contributed by atoms with Gasteiger partial charge in [0.05, 0.1) is 0 Å². The molecule has 0 aliphatic heterocycles. The first-order chi connectivity index (χ1) is 8.13. The topological polar surface area (TPSA) is 38.5 Å². The molecule has 0 fully saturated rings. The van der Waals surface area contributed by atoms with Crippen molar-refractivity contribution in [1.29, 1.82) is 0 Å². The zero-order chi connectivity index (χ0) is 12.7. The number of anilines is 1. The van der Waals surface area contributed by atoms with Gasteiger partial charge >= 0.3 is 0 Å². The van der Waals surface area contributed by atoms with Crippen LogP contribution in [-0.2, 0) is 6.42 Å². The molecular weight excluding hydrogens is 212 g/mol. The summed E-state index contributed by atoms with van der Waals surface area (Å²) in [5.41, 5.74) is 7.83. The van der Waals surface area contributed by atoms with E-state index in [9.17, 15) is 0 Å². The molecule has 0 amide bonds. The van der Waals surface area contributed by atoms with Crippen molar-refractivity contribution < 1.29 is 4.74 Å². The molecule has 0 radical (unpaired) electrons. The van der Waals surface area contributed by atoms with Crippen LogP contribution in [0.4, 0.5) is 5.69 Å². The number of hydrogen-bond acceptors (Lipinski definition) is 3. The van der Waals surface area contributed by atoms with Crippen LogP contribution in [-0.4, -0.2) is 32.1 Å². The van der Waals surface area contributed by atoms with E-state index in [4.69, 9.17) is 10.5 Å². The Balaban J connectivity index is 2.62. The van der Waals surface area contributed by atoms with Crippen LogP contribution in [0, 0.1) is 0 Å². The summed E-state index contributed by atoms with van der Waals surface area (Å²) in [4.78, 5) is 2.11. The molecular formula is C14H24N2O. The van der Waals surface area contributed by atoms with Gasteiger partial charge in [-0.15, -0.1) is 0 Å². The van der Waals surface area contributed by atoms with Crippen LogP contribution >= 0.6 is 0 Å². The summed E-state index contributed by atoms with van der Waals surface area (Å²) in [5.74, 6) is 0.945. The van der Waals surface area contributed by atoms with Gasteiger partial charge in [-0.25, -0.2) is 0 Å². The van der Waals surface area contributed by atoms with Crippen molar-refractivity contribution in [3.05, 3.63) is 23.8 Å². The molecule has 0 unspecified atom stereocenters. The van der Waals surface area contributed by atoms with Crippen LogP contribution in [0.5, 0.6) is 5.75 Å². The van der Waals surface area contributed by atoms with Gasteiger partial charge in [0.2, 0.25) is 0 Å². The number of hydrogen-bond donors (Lipinski definition) is 1. The maximum atomic E-state index is 5.80. The summed E-state index contributed by atoms with van der Waals surface area (Å²) in [5, 5.41) is 0. The Hall–Kier alpha value is -1.22. The molecule has 0 bridgehead atoms. The standard InChI is InChI=1S/C14H24N2O/c1-4-5-6-12-7-8-13(15)11-14(12)17-10-9-16(2)3/h7-8,11H,4-6,9-10,15H2,1-3H3. The number of benzene rings is 1. The second-order valence-corrected chi connectivity index (χ2v) is 4.62. The lowest BCUT2D eigenvalue weighted by Crippen LogP contribution is -2.19. The molecule has 0 aliphatic rings. The summed E-state index contributed by atoms with van der Waals surface area (Å²) in [6.45, 7) is 3.82. The molecule has 17 heavy (non-hydrogen) atoms. The number of nitrogens with zero attached hydrogens (tertiary/aromatic N) is 1. The highest BCUT2D eigenvalue weighted by Gasteiger charge is 2.04. The normalized spacial score (nSPS) is 10.8. The fourth-order valence-electron chi connectivity index (χ4n) is 1.62. The number of nitrogens with two attached hydrogens (primary N) is 1. The van der Waals surface area contributed by atoms with E-state index in [0.717, 1.165) is 24.4 Å². The van der Waals surface area contributed by atoms with E-state index in [2.05, 4.69) is 17.9 Å². The number of rotatable bonds is 7. The molecule has 1 aromatic carbocycles. The Bertz CT molecular complexity index is 337. The van der Waals surface area contributed by atoms with E-state index < -0.39 is 0 Å². The summed E-state index contributed by atoms with van der Waals surface area (Å²) < 4.78 is 5.80. The Morgan fingerprint density at radius 2 is 2.06 bits per heavy atom. The van der Waals surface area contributed by atoms with Crippen LogP contribution in [0.25, 0.3) is 0 Å². The Morgan fingerprint density at radius 3 is 2.71 bits per heavy atom. The average Bonchev–Trinajstić information content (AvgIpc) is 2.27. The molecule has 2 N–H and O–H groups in total. The van der Waals surface area contributed by atoms with Gasteiger partial charge in [-0.1, -0.05) is 19.4 Å². The first-order valence-electron chi connectivity index (χ1n) is 6.29. The lowest BCUT2D eigenvalue weighted by molar-refractivity contribution is 0.259. The van der Waals surface area contributed by atoms with Gasteiger partial charge in [0.25, 0.3) is 0 Å². The van der Waals surface area contributed by atoms with Gasteiger partial charge < -0.3 is 15.4 Å². The maximum Gasteiger partial charge on any atom is 0.124 e. The van der Waals surface area contributed by atoms with E-state index in [1.165, 1.54) is 18.4 Å². The molecule has 1 rings (SSSR count). The van der Waals surface area contributed by atoms with Crippen molar-refractivity contribution >= 4 is 5.69 Å². The number of aryl methyl sites for hydroxylation is 1. The molecule has 0 atom stereocenters. The smallest absolute Gasteiger partial charge is 0.124 e.